The quantitative estimate of drug-likeness (QED) is 0.314. The summed E-state index contributed by atoms with van der Waals surface area (Å²) in [5.74, 6) is -0.546. The maximum Gasteiger partial charge on any atom is 0.406 e. The minimum absolute atomic E-state index is 0.150. The lowest BCUT2D eigenvalue weighted by molar-refractivity contribution is -0.117. The van der Waals surface area contributed by atoms with Crippen LogP contribution in [0.15, 0.2) is 53.5 Å². The second kappa shape index (κ2) is 6.72. The Morgan fingerprint density at radius 3 is 2.28 bits per heavy atom. The molecule has 2 aromatic carbocycles. The molecular formula is C17H11ClF4N2S. The lowest BCUT2D eigenvalue weighted by Crippen LogP contribution is -2.41. The van der Waals surface area contributed by atoms with Crippen molar-refractivity contribution in [2.75, 3.05) is 11.4 Å². The fourth-order valence-electron chi connectivity index (χ4n) is 2.60. The Hall–Kier alpha value is -1.99. The number of nitrogens with zero attached hydrogens (tertiary/aromatic N) is 2. The summed E-state index contributed by atoms with van der Waals surface area (Å²) in [4.78, 5) is 4.92. The largest absolute Gasteiger partial charge is 0.406 e. The highest BCUT2D eigenvalue weighted by atomic mass is 35.5. The van der Waals surface area contributed by atoms with Crippen LogP contribution in [-0.2, 0) is 0 Å². The number of halogens is 5. The summed E-state index contributed by atoms with van der Waals surface area (Å²) in [5.41, 5.74) is -0.380. The van der Waals surface area contributed by atoms with E-state index in [4.69, 9.17) is 23.8 Å². The number of fused-ring (bicyclic) bond motifs is 1. The number of hydrogen-bond donors (Lipinski definition) is 0. The lowest BCUT2D eigenvalue weighted by Gasteiger charge is -2.27. The third-order valence-corrected chi connectivity index (χ3v) is 4.51. The molecular weight excluding hydrogens is 376 g/mol. The summed E-state index contributed by atoms with van der Waals surface area (Å²) in [6.45, 7) is -1.30. The predicted molar refractivity (Wildman–Crippen MR) is 94.1 cm³/mol. The zero-order chi connectivity index (χ0) is 18.2. The molecule has 2 aromatic rings. The molecule has 1 aliphatic heterocycles. The van der Waals surface area contributed by atoms with Gasteiger partial charge in [0.15, 0.2) is 5.50 Å². The van der Waals surface area contributed by atoms with Crippen molar-refractivity contribution in [3.8, 4) is 0 Å². The maximum atomic E-state index is 14.2. The molecule has 0 aromatic heterocycles. The molecule has 0 saturated heterocycles. The molecule has 0 fully saturated rings. The Kier molecular flexibility index (Phi) is 4.79. The Bertz CT molecular complexity index is 851. The fourth-order valence-corrected chi connectivity index (χ4v) is 3.04. The molecule has 8 heteroatoms. The topological polar surface area (TPSA) is 15.6 Å². The van der Waals surface area contributed by atoms with Gasteiger partial charge in [-0.3, -0.25) is 4.99 Å². The van der Waals surface area contributed by atoms with Gasteiger partial charge in [0, 0.05) is 11.1 Å². The van der Waals surface area contributed by atoms with Gasteiger partial charge in [-0.2, -0.15) is 13.2 Å². The summed E-state index contributed by atoms with van der Waals surface area (Å²) >= 11 is 11.2. The van der Waals surface area contributed by atoms with Gasteiger partial charge in [-0.05, 0) is 18.2 Å². The van der Waals surface area contributed by atoms with Gasteiger partial charge >= 0.3 is 6.18 Å². The molecule has 130 valence electrons. The van der Waals surface area contributed by atoms with Crippen molar-refractivity contribution in [3.05, 3.63) is 65.5 Å². The third-order valence-electron chi connectivity index (χ3n) is 3.63. The minimum Gasteiger partial charge on any atom is -0.323 e. The zero-order valence-corrected chi connectivity index (χ0v) is 14.2. The van der Waals surface area contributed by atoms with E-state index in [1.54, 1.807) is 24.3 Å². The second-order valence-corrected chi connectivity index (χ2v) is 6.18. The van der Waals surface area contributed by atoms with Crippen molar-refractivity contribution in [3.63, 3.8) is 0 Å². The molecule has 0 amide bonds. The van der Waals surface area contributed by atoms with Crippen molar-refractivity contribution in [2.24, 2.45) is 4.99 Å². The van der Waals surface area contributed by atoms with Crippen LogP contribution >= 0.6 is 23.8 Å². The van der Waals surface area contributed by atoms with Gasteiger partial charge in [-0.25, -0.2) is 4.39 Å². The Labute approximate surface area is 151 Å². The van der Waals surface area contributed by atoms with E-state index in [-0.39, 0.29) is 22.0 Å². The Morgan fingerprint density at radius 1 is 1.04 bits per heavy atom. The predicted octanol–water partition coefficient (Wildman–Crippen LogP) is 4.94. The van der Waals surface area contributed by atoms with Crippen LogP contribution in [0.1, 0.15) is 11.1 Å². The third kappa shape index (κ3) is 3.67. The summed E-state index contributed by atoms with van der Waals surface area (Å²) in [6.07, 6.45) is -4.49. The van der Waals surface area contributed by atoms with Crippen LogP contribution in [0.5, 0.6) is 0 Å². The van der Waals surface area contributed by atoms with E-state index in [0.717, 1.165) is 4.90 Å². The van der Waals surface area contributed by atoms with Gasteiger partial charge in [-0.15, -0.1) is 0 Å². The van der Waals surface area contributed by atoms with E-state index in [1.807, 2.05) is 0 Å². The molecule has 2 nitrogen and oxygen atoms in total. The Balaban J connectivity index is 2.21. The Morgan fingerprint density at radius 2 is 1.64 bits per heavy atom. The molecule has 3 rings (SSSR count). The molecule has 25 heavy (non-hydrogen) atoms. The first kappa shape index (κ1) is 17.8. The number of aliphatic imine (C=N–C) groups is 1. The lowest BCUT2D eigenvalue weighted by atomic mass is 10.00. The SMILES string of the molecule is Fc1ccccc1C1=NC(Cl)C(=S)N(CC(F)(F)F)c2ccccc21. The van der Waals surface area contributed by atoms with Crippen LogP contribution in [-0.4, -0.2) is 28.9 Å². The smallest absolute Gasteiger partial charge is 0.323 e. The van der Waals surface area contributed by atoms with E-state index in [9.17, 15) is 17.6 Å². The molecule has 0 aliphatic carbocycles. The molecule has 0 spiro atoms. The number of thiocarbonyl (C=S) groups is 1. The summed E-state index contributed by atoms with van der Waals surface area (Å²) in [5, 5.41) is 0. The number of para-hydroxylation sites is 1. The van der Waals surface area contributed by atoms with Crippen LogP contribution in [0.2, 0.25) is 0 Å². The van der Waals surface area contributed by atoms with Crippen molar-refractivity contribution < 1.29 is 17.6 Å². The number of anilines is 1. The van der Waals surface area contributed by atoms with Gasteiger partial charge in [0.1, 0.15) is 17.4 Å². The van der Waals surface area contributed by atoms with E-state index in [2.05, 4.69) is 4.99 Å². The number of hydrogen-bond acceptors (Lipinski definition) is 2. The highest BCUT2D eigenvalue weighted by Crippen LogP contribution is 2.32. The highest BCUT2D eigenvalue weighted by Gasteiger charge is 2.37. The van der Waals surface area contributed by atoms with Crippen LogP contribution in [0.3, 0.4) is 0 Å². The number of benzodiazepines with no additional fused rings is 1. The van der Waals surface area contributed by atoms with Crippen LogP contribution in [0.25, 0.3) is 0 Å². The van der Waals surface area contributed by atoms with Gasteiger partial charge < -0.3 is 4.90 Å². The van der Waals surface area contributed by atoms with E-state index in [1.165, 1.54) is 24.3 Å². The molecule has 1 unspecified atom stereocenters. The number of rotatable bonds is 2. The molecule has 1 atom stereocenters. The molecule has 0 bridgehead atoms. The summed E-state index contributed by atoms with van der Waals surface area (Å²) < 4.78 is 53.3. The first-order chi connectivity index (χ1) is 11.8. The molecule has 1 heterocycles. The van der Waals surface area contributed by atoms with Crippen molar-refractivity contribution in [2.45, 2.75) is 11.7 Å². The number of benzene rings is 2. The van der Waals surface area contributed by atoms with Crippen molar-refractivity contribution in [1.82, 2.24) is 0 Å². The average Bonchev–Trinajstić information content (AvgIpc) is 2.65. The normalized spacial score (nSPS) is 17.8. The van der Waals surface area contributed by atoms with E-state index in [0.29, 0.717) is 5.56 Å². The van der Waals surface area contributed by atoms with Crippen LogP contribution in [0, 0.1) is 5.82 Å². The zero-order valence-electron chi connectivity index (χ0n) is 12.6. The van der Waals surface area contributed by atoms with Gasteiger partial charge in [-0.1, -0.05) is 54.2 Å². The van der Waals surface area contributed by atoms with Crippen LogP contribution in [0.4, 0.5) is 23.2 Å². The summed E-state index contributed by atoms with van der Waals surface area (Å²) in [6, 6.07) is 12.2. The van der Waals surface area contributed by atoms with Gasteiger partial charge in [0.25, 0.3) is 0 Å². The van der Waals surface area contributed by atoms with Crippen LogP contribution < -0.4 is 4.90 Å². The van der Waals surface area contributed by atoms with Crippen molar-refractivity contribution in [1.29, 1.82) is 0 Å². The standard InChI is InChI=1S/C17H11ClF4N2S/c18-15-16(25)24(9-17(20,21)22)13-8-4-2-6-11(13)14(23-15)10-5-1-3-7-12(10)19/h1-8,15H,9H2. The average molecular weight is 387 g/mol. The monoisotopic (exact) mass is 386 g/mol. The first-order valence-corrected chi connectivity index (χ1v) is 8.07. The van der Waals surface area contributed by atoms with Gasteiger partial charge in [0.05, 0.1) is 11.4 Å². The molecule has 0 radical (unpaired) electrons. The first-order valence-electron chi connectivity index (χ1n) is 7.22. The molecule has 0 N–H and O–H groups in total. The molecule has 0 saturated carbocycles. The molecule has 1 aliphatic rings. The number of alkyl halides is 4. The van der Waals surface area contributed by atoms with Crippen molar-refractivity contribution >= 4 is 40.2 Å². The van der Waals surface area contributed by atoms with E-state index >= 15 is 0 Å². The fraction of sp³-hybridized carbons (Fsp3) is 0.176. The second-order valence-electron chi connectivity index (χ2n) is 5.35. The van der Waals surface area contributed by atoms with E-state index < -0.39 is 24.0 Å². The van der Waals surface area contributed by atoms with Gasteiger partial charge in [0.2, 0.25) is 0 Å². The highest BCUT2D eigenvalue weighted by molar-refractivity contribution is 7.80. The maximum absolute atomic E-state index is 14.2. The summed E-state index contributed by atoms with van der Waals surface area (Å²) in [7, 11) is 0. The minimum atomic E-state index is -4.49.